The average Bonchev–Trinajstić information content (AvgIpc) is 3.53. The number of hydrogen-bond donors (Lipinski definition) is 0. The molecule has 0 atom stereocenters. The topological polar surface area (TPSA) is 125 Å². The van der Waals surface area contributed by atoms with Crippen molar-refractivity contribution in [2.45, 2.75) is 44.8 Å². The maximum absolute atomic E-state index is 15.1. The minimum absolute atomic E-state index is 0.00913. The van der Waals surface area contributed by atoms with Crippen LogP contribution >= 0.6 is 0 Å². The van der Waals surface area contributed by atoms with Crippen molar-refractivity contribution in [3.63, 3.8) is 0 Å². The SMILES string of the molecule is CCC(=O)N1CC(F)(C(=O)N2CCC(n3nnc(-c4cc(OCCN(C)C)c5c(C#N)cnn5c4)c3C)CC2)C1. The monoisotopic (exact) mass is 551 g/mol. The fraction of sp³-hybridized carbons (Fsp3) is 0.556. The Hall–Kier alpha value is -4.05. The van der Waals surface area contributed by atoms with E-state index in [0.29, 0.717) is 68.0 Å². The lowest BCUT2D eigenvalue weighted by atomic mass is 9.92. The molecule has 0 spiro atoms. The van der Waals surface area contributed by atoms with Gasteiger partial charge < -0.3 is 19.4 Å². The molecule has 2 fully saturated rings. The molecule has 212 valence electrons. The summed E-state index contributed by atoms with van der Waals surface area (Å²) in [6.45, 7) is 5.31. The Morgan fingerprint density at radius 3 is 2.62 bits per heavy atom. The quantitative estimate of drug-likeness (QED) is 0.415. The number of likely N-dealkylation sites (tertiary alicyclic amines) is 2. The number of halogens is 1. The van der Waals surface area contributed by atoms with Gasteiger partial charge in [0.1, 0.15) is 35.2 Å². The summed E-state index contributed by atoms with van der Waals surface area (Å²) in [7, 11) is 3.92. The van der Waals surface area contributed by atoms with E-state index in [1.54, 1.807) is 16.3 Å². The maximum atomic E-state index is 15.1. The summed E-state index contributed by atoms with van der Waals surface area (Å²) in [5.74, 6) is -0.126. The van der Waals surface area contributed by atoms with Crippen LogP contribution in [0.25, 0.3) is 16.8 Å². The third-order valence-corrected chi connectivity index (χ3v) is 7.71. The molecule has 0 aliphatic carbocycles. The summed E-state index contributed by atoms with van der Waals surface area (Å²) in [4.78, 5) is 29.6. The van der Waals surface area contributed by atoms with E-state index in [2.05, 4.69) is 21.5 Å². The van der Waals surface area contributed by atoms with E-state index in [9.17, 15) is 14.9 Å². The Bertz CT molecular complexity index is 1460. The third kappa shape index (κ3) is 4.99. The molecule has 2 aliphatic heterocycles. The summed E-state index contributed by atoms with van der Waals surface area (Å²) < 4.78 is 24.7. The third-order valence-electron chi connectivity index (χ3n) is 7.71. The first-order valence-corrected chi connectivity index (χ1v) is 13.5. The largest absolute Gasteiger partial charge is 0.490 e. The van der Waals surface area contributed by atoms with E-state index in [1.165, 1.54) is 11.1 Å². The molecular weight excluding hydrogens is 517 g/mol. The highest BCUT2D eigenvalue weighted by Crippen LogP contribution is 2.34. The molecule has 2 saturated heterocycles. The number of ether oxygens (including phenoxy) is 1. The predicted molar refractivity (Wildman–Crippen MR) is 143 cm³/mol. The zero-order valence-corrected chi connectivity index (χ0v) is 23.3. The number of nitrogens with zero attached hydrogens (tertiary/aromatic N) is 9. The summed E-state index contributed by atoms with van der Waals surface area (Å²) in [6, 6.07) is 4.04. The second-order valence-electron chi connectivity index (χ2n) is 10.8. The van der Waals surface area contributed by atoms with Crippen LogP contribution < -0.4 is 4.74 Å². The van der Waals surface area contributed by atoms with Gasteiger partial charge >= 0.3 is 0 Å². The molecule has 5 heterocycles. The van der Waals surface area contributed by atoms with Gasteiger partial charge in [0.05, 0.1) is 31.0 Å². The first-order valence-electron chi connectivity index (χ1n) is 13.5. The second kappa shape index (κ2) is 10.8. The van der Waals surface area contributed by atoms with Gasteiger partial charge in [0.2, 0.25) is 11.6 Å². The first-order chi connectivity index (χ1) is 19.1. The summed E-state index contributed by atoms with van der Waals surface area (Å²) in [6.07, 6.45) is 4.86. The zero-order valence-electron chi connectivity index (χ0n) is 23.3. The van der Waals surface area contributed by atoms with Crippen LogP contribution in [0.5, 0.6) is 5.75 Å². The van der Waals surface area contributed by atoms with Crippen LogP contribution in [0, 0.1) is 18.3 Å². The number of rotatable bonds is 8. The van der Waals surface area contributed by atoms with E-state index < -0.39 is 11.6 Å². The molecule has 12 nitrogen and oxygen atoms in total. The van der Waals surface area contributed by atoms with Crippen LogP contribution in [-0.4, -0.2) is 110 Å². The Kier molecular flexibility index (Phi) is 7.46. The number of fused-ring (bicyclic) bond motifs is 1. The predicted octanol–water partition coefficient (Wildman–Crippen LogP) is 1.84. The first kappa shape index (κ1) is 27.5. The molecule has 0 aromatic carbocycles. The number of carbonyl (C=O) groups excluding carboxylic acids is 2. The highest BCUT2D eigenvalue weighted by atomic mass is 19.1. The van der Waals surface area contributed by atoms with E-state index in [-0.39, 0.29) is 25.0 Å². The van der Waals surface area contributed by atoms with E-state index >= 15 is 4.39 Å². The molecular formula is C27H34FN9O3. The molecule has 3 aromatic heterocycles. The van der Waals surface area contributed by atoms with Gasteiger partial charge in [0.25, 0.3) is 5.91 Å². The molecule has 0 radical (unpaired) electrons. The van der Waals surface area contributed by atoms with Crippen LogP contribution in [0.2, 0.25) is 0 Å². The van der Waals surface area contributed by atoms with E-state index in [0.717, 1.165) is 11.3 Å². The minimum atomic E-state index is -1.99. The molecule has 5 rings (SSSR count). The number of amides is 2. The molecule has 40 heavy (non-hydrogen) atoms. The average molecular weight is 552 g/mol. The molecule has 0 saturated carbocycles. The van der Waals surface area contributed by atoms with Crippen LogP contribution in [0.15, 0.2) is 18.5 Å². The van der Waals surface area contributed by atoms with Gasteiger partial charge in [-0.3, -0.25) is 9.59 Å². The van der Waals surface area contributed by atoms with Crippen molar-refractivity contribution in [3.8, 4) is 23.1 Å². The van der Waals surface area contributed by atoms with Crippen molar-refractivity contribution < 1.29 is 18.7 Å². The Morgan fingerprint density at radius 1 is 1.25 bits per heavy atom. The van der Waals surface area contributed by atoms with Gasteiger partial charge in [-0.15, -0.1) is 5.10 Å². The fourth-order valence-electron chi connectivity index (χ4n) is 5.39. The number of aromatic nitrogens is 5. The maximum Gasteiger partial charge on any atom is 0.264 e. The van der Waals surface area contributed by atoms with Gasteiger partial charge in [0, 0.05) is 37.8 Å². The van der Waals surface area contributed by atoms with Crippen LogP contribution in [0.4, 0.5) is 4.39 Å². The normalized spacial score (nSPS) is 17.2. The number of alkyl halides is 1. The highest BCUT2D eigenvalue weighted by Gasteiger charge is 2.53. The van der Waals surface area contributed by atoms with E-state index in [4.69, 9.17) is 4.74 Å². The number of likely N-dealkylation sites (N-methyl/N-ethyl adjacent to an activating group) is 1. The molecule has 0 N–H and O–H groups in total. The van der Waals surface area contributed by atoms with Crippen LogP contribution in [0.3, 0.4) is 0 Å². The molecule has 0 bridgehead atoms. The van der Waals surface area contributed by atoms with Crippen molar-refractivity contribution >= 4 is 17.3 Å². The lowest BCUT2D eigenvalue weighted by Crippen LogP contribution is -2.68. The lowest BCUT2D eigenvalue weighted by molar-refractivity contribution is -0.164. The number of hydrogen-bond acceptors (Lipinski definition) is 8. The molecule has 3 aromatic rings. The zero-order chi connectivity index (χ0) is 28.6. The van der Waals surface area contributed by atoms with Gasteiger partial charge in [-0.1, -0.05) is 12.1 Å². The Balaban J connectivity index is 1.30. The van der Waals surface area contributed by atoms with Crippen molar-refractivity contribution in [1.29, 1.82) is 5.26 Å². The van der Waals surface area contributed by atoms with Crippen molar-refractivity contribution in [3.05, 3.63) is 29.7 Å². The molecule has 13 heteroatoms. The molecule has 2 amide bonds. The van der Waals surface area contributed by atoms with Gasteiger partial charge in [-0.2, -0.15) is 10.4 Å². The number of nitriles is 1. The van der Waals surface area contributed by atoms with Crippen LogP contribution in [0.1, 0.15) is 43.5 Å². The van der Waals surface area contributed by atoms with E-state index in [1.807, 2.05) is 42.9 Å². The van der Waals surface area contributed by atoms with Crippen LogP contribution in [-0.2, 0) is 9.59 Å². The Labute approximate surface area is 231 Å². The summed E-state index contributed by atoms with van der Waals surface area (Å²) in [5.41, 5.74) is 1.32. The standard InChI is InChI=1S/C27H34FN9O3/c1-5-23(38)35-16-27(28,17-35)26(39)34-8-6-21(7-9-34)37-18(2)24(31-32-37)19-12-22(40-11-10-33(3)4)25-20(13-29)14-30-36(25)15-19/h12,14-15,21H,5-11,16-17H2,1-4H3. The number of pyridine rings is 1. The lowest BCUT2D eigenvalue weighted by Gasteiger charge is -2.46. The highest BCUT2D eigenvalue weighted by molar-refractivity contribution is 5.90. The van der Waals surface area contributed by atoms with Crippen molar-refractivity contribution in [2.75, 3.05) is 53.4 Å². The summed E-state index contributed by atoms with van der Waals surface area (Å²) >= 11 is 0. The smallest absolute Gasteiger partial charge is 0.264 e. The fourth-order valence-corrected chi connectivity index (χ4v) is 5.39. The second-order valence-corrected chi connectivity index (χ2v) is 10.8. The molecule has 2 aliphatic rings. The Morgan fingerprint density at radius 2 is 1.98 bits per heavy atom. The summed E-state index contributed by atoms with van der Waals surface area (Å²) in [5, 5.41) is 22.8. The molecule has 0 unspecified atom stereocenters. The van der Waals surface area contributed by atoms with Crippen molar-refractivity contribution in [2.24, 2.45) is 0 Å². The minimum Gasteiger partial charge on any atom is -0.490 e. The van der Waals surface area contributed by atoms with Gasteiger partial charge in [0.15, 0.2) is 0 Å². The number of carbonyl (C=O) groups is 2. The van der Waals surface area contributed by atoms with Gasteiger partial charge in [-0.25, -0.2) is 13.6 Å². The number of piperidine rings is 1. The van der Waals surface area contributed by atoms with Crippen molar-refractivity contribution in [1.82, 2.24) is 39.3 Å². The van der Waals surface area contributed by atoms with Gasteiger partial charge in [-0.05, 0) is 39.9 Å².